The number of hydrogen-bond donors (Lipinski definition) is 0. The second-order valence-electron chi connectivity index (χ2n) is 4.99. The van der Waals surface area contributed by atoms with Gasteiger partial charge in [-0.05, 0) is 19.9 Å². The van der Waals surface area contributed by atoms with E-state index in [0.717, 1.165) is 22.0 Å². The smallest absolute Gasteiger partial charge is 0.265 e. The Labute approximate surface area is 126 Å². The third kappa shape index (κ3) is 3.02. The molecule has 7 heteroatoms. The quantitative estimate of drug-likeness (QED) is 0.865. The first-order valence-corrected chi connectivity index (χ1v) is 7.63. The van der Waals surface area contributed by atoms with Gasteiger partial charge in [0, 0.05) is 25.2 Å². The normalized spacial score (nSPS) is 18.0. The predicted octanol–water partition coefficient (Wildman–Crippen LogP) is 1.84. The first-order chi connectivity index (χ1) is 10.1. The summed E-state index contributed by atoms with van der Waals surface area (Å²) in [5.41, 5.74) is 0.806. The molecule has 0 saturated carbocycles. The highest BCUT2D eigenvalue weighted by Crippen LogP contribution is 2.23. The van der Waals surface area contributed by atoms with Gasteiger partial charge in [-0.2, -0.15) is 5.10 Å². The fourth-order valence-corrected chi connectivity index (χ4v) is 3.29. The minimum atomic E-state index is -0.0278. The zero-order valence-corrected chi connectivity index (χ0v) is 12.8. The summed E-state index contributed by atoms with van der Waals surface area (Å²) in [6, 6.07) is 3.55. The maximum Gasteiger partial charge on any atom is 0.265 e. The maximum atomic E-state index is 12.5. The summed E-state index contributed by atoms with van der Waals surface area (Å²) < 4.78 is 5.75. The predicted molar refractivity (Wildman–Crippen MR) is 78.6 cm³/mol. The van der Waals surface area contributed by atoms with E-state index in [2.05, 4.69) is 15.2 Å². The van der Waals surface area contributed by atoms with Crippen molar-refractivity contribution in [1.82, 2.24) is 20.1 Å². The molecule has 1 amide bonds. The molecule has 0 N–H and O–H groups in total. The van der Waals surface area contributed by atoms with Gasteiger partial charge in [0.1, 0.15) is 11.0 Å². The van der Waals surface area contributed by atoms with E-state index in [1.165, 1.54) is 11.3 Å². The van der Waals surface area contributed by atoms with Crippen LogP contribution in [-0.2, 0) is 0 Å². The number of likely N-dealkylation sites (tertiary alicyclic amines) is 1. The monoisotopic (exact) mass is 304 g/mol. The molecule has 1 atom stereocenters. The van der Waals surface area contributed by atoms with Crippen molar-refractivity contribution in [2.75, 3.05) is 13.1 Å². The van der Waals surface area contributed by atoms with Crippen LogP contribution >= 0.6 is 11.3 Å². The molecular formula is C14H16N4O2S. The molecule has 1 saturated heterocycles. The van der Waals surface area contributed by atoms with Crippen molar-refractivity contribution < 1.29 is 9.53 Å². The van der Waals surface area contributed by atoms with Crippen molar-refractivity contribution in [2.24, 2.45) is 0 Å². The van der Waals surface area contributed by atoms with Crippen LogP contribution in [0.4, 0.5) is 0 Å². The molecule has 1 unspecified atom stereocenters. The van der Waals surface area contributed by atoms with Crippen LogP contribution in [0.25, 0.3) is 0 Å². The first kappa shape index (κ1) is 13.9. The summed E-state index contributed by atoms with van der Waals surface area (Å²) in [5, 5.41) is 8.60. The number of ether oxygens (including phenoxy) is 1. The largest absolute Gasteiger partial charge is 0.471 e. The summed E-state index contributed by atoms with van der Waals surface area (Å²) in [5.74, 6) is 0.546. The summed E-state index contributed by atoms with van der Waals surface area (Å²) in [6.07, 6.45) is 2.38. The standard InChI is InChI=1S/C14H16N4O2S/c1-9-13(21-10(2)16-9)14(19)18-7-5-11(8-18)20-12-4-3-6-15-17-12/h3-4,6,11H,5,7-8H2,1-2H3. The van der Waals surface area contributed by atoms with Crippen molar-refractivity contribution in [3.8, 4) is 5.88 Å². The summed E-state index contributed by atoms with van der Waals surface area (Å²) in [4.78, 5) is 19.4. The lowest BCUT2D eigenvalue weighted by molar-refractivity contribution is 0.0774. The van der Waals surface area contributed by atoms with E-state index in [1.54, 1.807) is 18.3 Å². The van der Waals surface area contributed by atoms with Crippen molar-refractivity contribution in [3.05, 3.63) is 33.9 Å². The topological polar surface area (TPSA) is 68.2 Å². The van der Waals surface area contributed by atoms with Gasteiger partial charge in [-0.25, -0.2) is 4.98 Å². The molecule has 1 aliphatic rings. The molecule has 1 aliphatic heterocycles. The zero-order chi connectivity index (χ0) is 14.8. The first-order valence-electron chi connectivity index (χ1n) is 6.81. The summed E-state index contributed by atoms with van der Waals surface area (Å²) >= 11 is 1.45. The number of aryl methyl sites for hydroxylation is 2. The molecule has 3 heterocycles. The lowest BCUT2D eigenvalue weighted by atomic mass is 10.3. The van der Waals surface area contributed by atoms with Crippen LogP contribution in [0.1, 0.15) is 26.8 Å². The van der Waals surface area contributed by atoms with E-state index in [1.807, 2.05) is 18.7 Å². The van der Waals surface area contributed by atoms with Gasteiger partial charge >= 0.3 is 0 Å². The van der Waals surface area contributed by atoms with E-state index in [-0.39, 0.29) is 12.0 Å². The Hall–Kier alpha value is -2.02. The van der Waals surface area contributed by atoms with Gasteiger partial charge < -0.3 is 9.64 Å². The number of amides is 1. The second kappa shape index (κ2) is 5.77. The maximum absolute atomic E-state index is 12.5. The average molecular weight is 304 g/mol. The number of hydrogen-bond acceptors (Lipinski definition) is 6. The van der Waals surface area contributed by atoms with Crippen molar-refractivity contribution in [3.63, 3.8) is 0 Å². The number of thiazole rings is 1. The Morgan fingerprint density at radius 1 is 1.48 bits per heavy atom. The summed E-state index contributed by atoms with van der Waals surface area (Å²) in [7, 11) is 0. The average Bonchev–Trinajstić information content (AvgIpc) is 3.06. The van der Waals surface area contributed by atoms with Gasteiger partial charge in [-0.1, -0.05) is 0 Å². The molecule has 2 aromatic heterocycles. The zero-order valence-electron chi connectivity index (χ0n) is 11.9. The molecule has 0 aliphatic carbocycles. The molecule has 3 rings (SSSR count). The third-order valence-electron chi connectivity index (χ3n) is 3.37. The Morgan fingerprint density at radius 2 is 2.33 bits per heavy atom. The van der Waals surface area contributed by atoms with Crippen LogP contribution in [-0.4, -0.2) is 45.2 Å². The highest BCUT2D eigenvalue weighted by Gasteiger charge is 2.30. The molecule has 0 spiro atoms. The number of aromatic nitrogens is 3. The lowest BCUT2D eigenvalue weighted by Crippen LogP contribution is -2.30. The molecular weight excluding hydrogens is 288 g/mol. The number of nitrogens with zero attached hydrogens (tertiary/aromatic N) is 4. The van der Waals surface area contributed by atoms with E-state index in [9.17, 15) is 4.79 Å². The number of rotatable bonds is 3. The van der Waals surface area contributed by atoms with Crippen LogP contribution in [0, 0.1) is 13.8 Å². The molecule has 6 nitrogen and oxygen atoms in total. The van der Waals surface area contributed by atoms with Gasteiger partial charge in [0.05, 0.1) is 17.2 Å². The molecule has 21 heavy (non-hydrogen) atoms. The fourth-order valence-electron chi connectivity index (χ4n) is 2.40. The van der Waals surface area contributed by atoms with E-state index in [0.29, 0.717) is 19.0 Å². The minimum absolute atomic E-state index is 0.0278. The highest BCUT2D eigenvalue weighted by atomic mass is 32.1. The SMILES string of the molecule is Cc1nc(C)c(C(=O)N2CCC(Oc3cccnn3)C2)s1. The summed E-state index contributed by atoms with van der Waals surface area (Å²) in [6.45, 7) is 5.06. The van der Waals surface area contributed by atoms with Gasteiger partial charge in [0.15, 0.2) is 0 Å². The molecule has 1 fully saturated rings. The van der Waals surface area contributed by atoms with E-state index in [4.69, 9.17) is 4.74 Å². The van der Waals surface area contributed by atoms with Gasteiger partial charge in [-0.3, -0.25) is 4.79 Å². The van der Waals surface area contributed by atoms with Gasteiger partial charge in [0.2, 0.25) is 5.88 Å². The van der Waals surface area contributed by atoms with Crippen LogP contribution in [0.3, 0.4) is 0 Å². The number of carbonyl (C=O) groups excluding carboxylic acids is 1. The lowest BCUT2D eigenvalue weighted by Gasteiger charge is -2.16. The minimum Gasteiger partial charge on any atom is -0.471 e. The highest BCUT2D eigenvalue weighted by molar-refractivity contribution is 7.13. The second-order valence-corrected chi connectivity index (χ2v) is 6.19. The van der Waals surface area contributed by atoms with Crippen LogP contribution in [0.2, 0.25) is 0 Å². The van der Waals surface area contributed by atoms with Crippen molar-refractivity contribution in [2.45, 2.75) is 26.4 Å². The molecule has 110 valence electrons. The Kier molecular flexibility index (Phi) is 3.83. The molecule has 0 radical (unpaired) electrons. The Morgan fingerprint density at radius 3 is 3.00 bits per heavy atom. The molecule has 0 bridgehead atoms. The van der Waals surface area contributed by atoms with Crippen LogP contribution in [0.5, 0.6) is 5.88 Å². The van der Waals surface area contributed by atoms with E-state index < -0.39 is 0 Å². The van der Waals surface area contributed by atoms with Gasteiger partial charge in [-0.15, -0.1) is 16.4 Å². The van der Waals surface area contributed by atoms with Crippen molar-refractivity contribution in [1.29, 1.82) is 0 Å². The Balaban J connectivity index is 1.64. The van der Waals surface area contributed by atoms with Crippen LogP contribution < -0.4 is 4.74 Å². The van der Waals surface area contributed by atoms with E-state index >= 15 is 0 Å². The fraction of sp³-hybridized carbons (Fsp3) is 0.429. The number of carbonyl (C=O) groups is 1. The Bertz CT molecular complexity index is 644. The van der Waals surface area contributed by atoms with Crippen molar-refractivity contribution >= 4 is 17.2 Å². The molecule has 2 aromatic rings. The van der Waals surface area contributed by atoms with Crippen LogP contribution in [0.15, 0.2) is 18.3 Å². The third-order valence-corrected chi connectivity index (χ3v) is 4.43. The molecule has 0 aromatic carbocycles. The van der Waals surface area contributed by atoms with Gasteiger partial charge in [0.25, 0.3) is 5.91 Å².